The molecule has 2 heterocycles. The average molecular weight is 380 g/mol. The van der Waals surface area contributed by atoms with Gasteiger partial charge in [0.25, 0.3) is 5.56 Å². The highest BCUT2D eigenvalue weighted by molar-refractivity contribution is 5.63. The van der Waals surface area contributed by atoms with E-state index in [1.54, 1.807) is 6.07 Å². The zero-order chi connectivity index (χ0) is 19.7. The Hall–Kier alpha value is -2.96. The number of H-pyrrole nitrogens is 1. The number of hydrogen-bond donors (Lipinski definition) is 1. The van der Waals surface area contributed by atoms with Crippen LogP contribution in [0.1, 0.15) is 49.7 Å². The number of aromatic nitrogens is 4. The number of hydrogen-bond acceptors (Lipinski definition) is 4. The van der Waals surface area contributed by atoms with Crippen molar-refractivity contribution in [2.45, 2.75) is 38.0 Å². The van der Waals surface area contributed by atoms with Crippen LogP contribution >= 0.6 is 0 Å². The molecule has 5 nitrogen and oxygen atoms in total. The Labute approximate surface area is 159 Å². The molecule has 5 rings (SSSR count). The number of fused-ring (bicyclic) bond motifs is 5. The molecule has 0 spiro atoms. The second kappa shape index (κ2) is 5.53. The quantitative estimate of drug-likeness (QED) is 0.736. The number of aromatic amines is 1. The van der Waals surface area contributed by atoms with Gasteiger partial charge in [0.1, 0.15) is 17.5 Å². The van der Waals surface area contributed by atoms with Crippen LogP contribution in [0.15, 0.2) is 41.3 Å². The zero-order valence-electron chi connectivity index (χ0n) is 15.5. The monoisotopic (exact) mass is 380 g/mol. The molecular formula is C21H18F2N4O. The van der Waals surface area contributed by atoms with Gasteiger partial charge in [-0.2, -0.15) is 5.10 Å². The summed E-state index contributed by atoms with van der Waals surface area (Å²) in [5.41, 5.74) is 0.616. The molecule has 1 N–H and O–H groups in total. The maximum atomic E-state index is 14.3. The van der Waals surface area contributed by atoms with Crippen molar-refractivity contribution >= 4 is 0 Å². The molecule has 1 fully saturated rings. The van der Waals surface area contributed by atoms with E-state index >= 15 is 0 Å². The Bertz CT molecular complexity index is 1150. The van der Waals surface area contributed by atoms with Gasteiger partial charge in [-0.15, -0.1) is 5.10 Å². The molecule has 1 aromatic carbocycles. The summed E-state index contributed by atoms with van der Waals surface area (Å²) >= 11 is 0. The largest absolute Gasteiger partial charge is 0.310 e. The van der Waals surface area contributed by atoms with E-state index < -0.39 is 17.0 Å². The maximum absolute atomic E-state index is 14.3. The Balaban J connectivity index is 1.75. The highest BCUT2D eigenvalue weighted by Crippen LogP contribution is 2.69. The Morgan fingerprint density at radius 3 is 2.61 bits per heavy atom. The summed E-state index contributed by atoms with van der Waals surface area (Å²) in [6.45, 7) is 4.26. The van der Waals surface area contributed by atoms with E-state index in [4.69, 9.17) is 0 Å². The van der Waals surface area contributed by atoms with Crippen LogP contribution in [-0.4, -0.2) is 20.2 Å². The lowest BCUT2D eigenvalue weighted by molar-refractivity contribution is 0.236. The molecule has 3 aromatic rings. The van der Waals surface area contributed by atoms with Crippen LogP contribution in [0.2, 0.25) is 0 Å². The topological polar surface area (TPSA) is 71.5 Å². The third kappa shape index (κ3) is 1.99. The van der Waals surface area contributed by atoms with Crippen molar-refractivity contribution in [1.82, 2.24) is 20.2 Å². The molecule has 2 bridgehead atoms. The lowest BCUT2D eigenvalue weighted by Crippen LogP contribution is -2.39. The third-order valence-corrected chi connectivity index (χ3v) is 6.68. The van der Waals surface area contributed by atoms with E-state index in [-0.39, 0.29) is 28.1 Å². The van der Waals surface area contributed by atoms with Gasteiger partial charge in [0.15, 0.2) is 0 Å². The van der Waals surface area contributed by atoms with Crippen LogP contribution in [0, 0.1) is 17.0 Å². The number of nitrogens with one attached hydrogen (secondary N) is 1. The fourth-order valence-corrected chi connectivity index (χ4v) is 5.30. The first kappa shape index (κ1) is 17.2. The Morgan fingerprint density at radius 2 is 1.89 bits per heavy atom. The van der Waals surface area contributed by atoms with Gasteiger partial charge in [-0.25, -0.2) is 13.8 Å². The van der Waals surface area contributed by atoms with Crippen molar-refractivity contribution in [3.63, 3.8) is 0 Å². The van der Waals surface area contributed by atoms with Crippen LogP contribution in [0.4, 0.5) is 8.78 Å². The number of benzene rings is 1. The van der Waals surface area contributed by atoms with Crippen LogP contribution in [0.3, 0.4) is 0 Å². The second-order valence-electron chi connectivity index (χ2n) is 8.13. The van der Waals surface area contributed by atoms with Gasteiger partial charge in [-0.3, -0.25) is 4.79 Å². The standard InChI is InChI=1S/C21H18F2N4O/c1-20(2)12-6-8-21(20,19-24-9-7-16(28)25-19)18-11(12)10-15(26-27-18)17-13(22)4-3-5-14(17)23/h3-5,7,9-10,12H,6,8H2,1-2H3,(H,24,25,28)/t12?,21-/m1/s1. The predicted molar refractivity (Wildman–Crippen MR) is 98.8 cm³/mol. The first-order valence-corrected chi connectivity index (χ1v) is 9.24. The summed E-state index contributed by atoms with van der Waals surface area (Å²) in [6, 6.07) is 6.88. The smallest absolute Gasteiger partial charge is 0.250 e. The highest BCUT2D eigenvalue weighted by atomic mass is 19.1. The summed E-state index contributed by atoms with van der Waals surface area (Å²) < 4.78 is 28.5. The van der Waals surface area contributed by atoms with Crippen molar-refractivity contribution < 1.29 is 8.78 Å². The van der Waals surface area contributed by atoms with Crippen LogP contribution < -0.4 is 5.56 Å². The normalized spacial score (nSPS) is 24.4. The van der Waals surface area contributed by atoms with Crippen LogP contribution in [0.25, 0.3) is 11.3 Å². The van der Waals surface area contributed by atoms with Crippen LogP contribution in [0.5, 0.6) is 0 Å². The Morgan fingerprint density at radius 1 is 1.14 bits per heavy atom. The minimum absolute atomic E-state index is 0.136. The van der Waals surface area contributed by atoms with Gasteiger partial charge < -0.3 is 4.98 Å². The first-order valence-electron chi connectivity index (χ1n) is 9.24. The minimum Gasteiger partial charge on any atom is -0.310 e. The average Bonchev–Trinajstić information content (AvgIpc) is 3.03. The number of halogens is 2. The predicted octanol–water partition coefficient (Wildman–Crippen LogP) is 3.71. The van der Waals surface area contributed by atoms with Gasteiger partial charge in [0, 0.05) is 12.3 Å². The molecule has 0 saturated heterocycles. The van der Waals surface area contributed by atoms with Gasteiger partial charge in [-0.05, 0) is 47.9 Å². The van der Waals surface area contributed by atoms with Crippen molar-refractivity contribution in [3.8, 4) is 11.3 Å². The zero-order valence-corrected chi connectivity index (χ0v) is 15.5. The molecule has 0 aliphatic heterocycles. The fourth-order valence-electron chi connectivity index (χ4n) is 5.30. The third-order valence-electron chi connectivity index (χ3n) is 6.68. The summed E-state index contributed by atoms with van der Waals surface area (Å²) in [6.07, 6.45) is 3.16. The lowest BCUT2D eigenvalue weighted by Gasteiger charge is -2.36. The summed E-state index contributed by atoms with van der Waals surface area (Å²) in [5.74, 6) is -0.622. The van der Waals surface area contributed by atoms with Gasteiger partial charge in [0.05, 0.1) is 22.4 Å². The number of nitrogens with zero attached hydrogens (tertiary/aromatic N) is 3. The number of rotatable bonds is 2. The van der Waals surface area contributed by atoms with E-state index in [0.29, 0.717) is 5.82 Å². The summed E-state index contributed by atoms with van der Waals surface area (Å²) in [7, 11) is 0. The molecule has 28 heavy (non-hydrogen) atoms. The maximum Gasteiger partial charge on any atom is 0.250 e. The Kier molecular flexibility index (Phi) is 3.39. The lowest BCUT2D eigenvalue weighted by atomic mass is 9.68. The summed E-state index contributed by atoms with van der Waals surface area (Å²) in [4.78, 5) is 19.3. The van der Waals surface area contributed by atoms with Gasteiger partial charge in [0.2, 0.25) is 0 Å². The van der Waals surface area contributed by atoms with E-state index in [2.05, 4.69) is 34.0 Å². The molecule has 1 unspecified atom stereocenters. The molecule has 0 amide bonds. The van der Waals surface area contributed by atoms with Crippen molar-refractivity contribution in [3.05, 3.63) is 75.6 Å². The highest BCUT2D eigenvalue weighted by Gasteiger charge is 2.65. The molecule has 7 heteroatoms. The van der Waals surface area contributed by atoms with E-state index in [0.717, 1.165) is 24.1 Å². The molecule has 0 radical (unpaired) electrons. The minimum atomic E-state index is -0.666. The second-order valence-corrected chi connectivity index (χ2v) is 8.13. The SMILES string of the molecule is CC1(C)C2CC[C@]1(c1nccc(=O)[nH]1)c1nnc(-c3c(F)cccc3F)cc12. The summed E-state index contributed by atoms with van der Waals surface area (Å²) in [5, 5.41) is 8.60. The van der Waals surface area contributed by atoms with Crippen molar-refractivity contribution in [2.75, 3.05) is 0 Å². The molecular weight excluding hydrogens is 362 g/mol. The van der Waals surface area contributed by atoms with E-state index in [1.807, 2.05) is 0 Å². The van der Waals surface area contributed by atoms with Gasteiger partial charge in [-0.1, -0.05) is 19.9 Å². The molecule has 2 aliphatic carbocycles. The van der Waals surface area contributed by atoms with Crippen molar-refractivity contribution in [1.29, 1.82) is 0 Å². The molecule has 2 atom stereocenters. The van der Waals surface area contributed by atoms with E-state index in [1.165, 1.54) is 30.5 Å². The van der Waals surface area contributed by atoms with Crippen molar-refractivity contribution in [2.24, 2.45) is 5.41 Å². The molecule has 2 aliphatic rings. The van der Waals surface area contributed by atoms with Crippen LogP contribution in [-0.2, 0) is 5.41 Å². The van der Waals surface area contributed by atoms with Gasteiger partial charge >= 0.3 is 0 Å². The van der Waals surface area contributed by atoms with E-state index in [9.17, 15) is 13.6 Å². The fraction of sp³-hybridized carbons (Fsp3) is 0.333. The first-order chi connectivity index (χ1) is 13.4. The molecule has 1 saturated carbocycles. The molecule has 2 aromatic heterocycles. The molecule has 142 valence electrons.